The first kappa shape index (κ1) is 22.6. The second-order valence-electron chi connectivity index (χ2n) is 6.42. The Balaban J connectivity index is 1.81. The third-order valence-electron chi connectivity index (χ3n) is 4.28. The Hall–Kier alpha value is -3.11. The molecule has 2 aromatic carbocycles. The van der Waals surface area contributed by atoms with Crippen LogP contribution in [0.3, 0.4) is 0 Å². The third-order valence-corrected chi connectivity index (χ3v) is 6.20. The Labute approximate surface area is 182 Å². The standard InChI is InChI=1S/C20H19ClN2O7S/c1-2-29-18(24)4-3-11-30-14-6-8-15(9-7-14)31(27,28)23-19(25)16-10-5-13(21)12-17(16)22-20(23)26/h5-10,12H,2-4,11H2,1H3,(H,22,26). The number of aromatic nitrogens is 2. The molecule has 0 aliphatic rings. The number of aromatic amines is 1. The summed E-state index contributed by atoms with van der Waals surface area (Å²) in [5, 5.41) is 0.301. The number of benzene rings is 2. The summed E-state index contributed by atoms with van der Waals surface area (Å²) in [6, 6.07) is 9.39. The molecule has 0 fully saturated rings. The number of halogens is 1. The highest BCUT2D eigenvalue weighted by atomic mass is 35.5. The largest absolute Gasteiger partial charge is 0.494 e. The van der Waals surface area contributed by atoms with Gasteiger partial charge in [-0.1, -0.05) is 11.6 Å². The highest BCUT2D eigenvalue weighted by Gasteiger charge is 2.23. The van der Waals surface area contributed by atoms with Crippen LogP contribution in [-0.4, -0.2) is 36.6 Å². The number of nitrogens with one attached hydrogen (secondary N) is 1. The summed E-state index contributed by atoms with van der Waals surface area (Å²) in [5.74, 6) is 0.0538. The zero-order valence-electron chi connectivity index (χ0n) is 16.5. The molecule has 0 unspecified atom stereocenters. The van der Waals surface area contributed by atoms with E-state index < -0.39 is 21.3 Å². The number of carbonyl (C=O) groups is 1. The second kappa shape index (κ2) is 9.36. The molecule has 164 valence electrons. The molecule has 0 radical (unpaired) electrons. The fourth-order valence-electron chi connectivity index (χ4n) is 2.85. The van der Waals surface area contributed by atoms with Gasteiger partial charge in [0.25, 0.3) is 15.6 Å². The van der Waals surface area contributed by atoms with E-state index in [2.05, 4.69) is 4.98 Å². The summed E-state index contributed by atoms with van der Waals surface area (Å²) in [4.78, 5) is 38.4. The quantitative estimate of drug-likeness (QED) is 0.399. The van der Waals surface area contributed by atoms with Gasteiger partial charge in [-0.2, -0.15) is 0 Å². The third kappa shape index (κ3) is 4.97. The van der Waals surface area contributed by atoms with Crippen LogP contribution in [0.25, 0.3) is 10.9 Å². The van der Waals surface area contributed by atoms with Crippen molar-refractivity contribution < 1.29 is 22.7 Å². The average molecular weight is 467 g/mol. The number of H-pyrrole nitrogens is 1. The van der Waals surface area contributed by atoms with Gasteiger partial charge in [0.15, 0.2) is 0 Å². The predicted molar refractivity (Wildman–Crippen MR) is 114 cm³/mol. The van der Waals surface area contributed by atoms with Crippen molar-refractivity contribution in [3.05, 3.63) is 68.3 Å². The van der Waals surface area contributed by atoms with Gasteiger partial charge < -0.3 is 14.5 Å². The van der Waals surface area contributed by atoms with Crippen LogP contribution in [0.2, 0.25) is 5.02 Å². The molecule has 1 heterocycles. The molecule has 1 aromatic heterocycles. The van der Waals surface area contributed by atoms with Crippen molar-refractivity contribution in [3.8, 4) is 5.75 Å². The molecule has 0 saturated heterocycles. The second-order valence-corrected chi connectivity index (χ2v) is 8.65. The average Bonchev–Trinajstić information content (AvgIpc) is 2.71. The van der Waals surface area contributed by atoms with Gasteiger partial charge in [0.05, 0.1) is 29.0 Å². The Morgan fingerprint density at radius 3 is 2.52 bits per heavy atom. The maximum Gasteiger partial charge on any atom is 0.343 e. The van der Waals surface area contributed by atoms with E-state index in [1.165, 1.54) is 42.5 Å². The fraction of sp³-hybridized carbons (Fsp3) is 0.250. The van der Waals surface area contributed by atoms with Gasteiger partial charge in [-0.15, -0.1) is 3.97 Å². The van der Waals surface area contributed by atoms with Gasteiger partial charge in [0.2, 0.25) is 0 Å². The maximum atomic E-state index is 12.9. The fourth-order valence-corrected chi connectivity index (χ4v) is 4.29. The van der Waals surface area contributed by atoms with E-state index in [1.807, 2.05) is 0 Å². The Kier molecular flexibility index (Phi) is 6.81. The van der Waals surface area contributed by atoms with Crippen LogP contribution in [0.4, 0.5) is 0 Å². The van der Waals surface area contributed by atoms with Crippen molar-refractivity contribution in [2.45, 2.75) is 24.7 Å². The van der Waals surface area contributed by atoms with Crippen LogP contribution in [0.5, 0.6) is 5.75 Å². The van der Waals surface area contributed by atoms with E-state index in [9.17, 15) is 22.8 Å². The molecule has 0 aliphatic heterocycles. The van der Waals surface area contributed by atoms with E-state index in [0.29, 0.717) is 23.8 Å². The van der Waals surface area contributed by atoms with Gasteiger partial charge in [-0.3, -0.25) is 9.59 Å². The lowest BCUT2D eigenvalue weighted by Crippen LogP contribution is -2.39. The Morgan fingerprint density at radius 1 is 1.13 bits per heavy atom. The van der Waals surface area contributed by atoms with Crippen molar-refractivity contribution in [2.75, 3.05) is 13.2 Å². The van der Waals surface area contributed by atoms with Crippen molar-refractivity contribution in [1.82, 2.24) is 8.96 Å². The lowest BCUT2D eigenvalue weighted by Gasteiger charge is -2.10. The molecule has 0 spiro atoms. The van der Waals surface area contributed by atoms with Crippen molar-refractivity contribution in [3.63, 3.8) is 0 Å². The summed E-state index contributed by atoms with van der Waals surface area (Å²) < 4.78 is 36.3. The summed E-state index contributed by atoms with van der Waals surface area (Å²) in [6.07, 6.45) is 0.643. The molecule has 3 aromatic rings. The summed E-state index contributed by atoms with van der Waals surface area (Å²) >= 11 is 5.85. The summed E-state index contributed by atoms with van der Waals surface area (Å²) in [5.41, 5.74) is -1.94. The first-order valence-electron chi connectivity index (χ1n) is 9.32. The number of hydrogen-bond acceptors (Lipinski definition) is 7. The van der Waals surface area contributed by atoms with Crippen LogP contribution in [0, 0.1) is 0 Å². The Bertz CT molecular complexity index is 1330. The predicted octanol–water partition coefficient (Wildman–Crippen LogP) is 2.30. The molecule has 0 atom stereocenters. The normalized spacial score (nSPS) is 11.4. The molecular weight excluding hydrogens is 448 g/mol. The number of hydrogen-bond donors (Lipinski definition) is 1. The van der Waals surface area contributed by atoms with Crippen LogP contribution in [-0.2, 0) is 19.6 Å². The van der Waals surface area contributed by atoms with Crippen LogP contribution >= 0.6 is 11.6 Å². The molecule has 9 nitrogen and oxygen atoms in total. The van der Waals surface area contributed by atoms with Crippen molar-refractivity contribution in [2.24, 2.45) is 0 Å². The number of nitrogens with zero attached hydrogens (tertiary/aromatic N) is 1. The molecule has 0 bridgehead atoms. The van der Waals surface area contributed by atoms with Gasteiger partial charge in [0.1, 0.15) is 5.75 Å². The summed E-state index contributed by atoms with van der Waals surface area (Å²) in [7, 11) is -4.45. The SMILES string of the molecule is CCOC(=O)CCCOc1ccc(S(=O)(=O)n2c(=O)[nH]c3cc(Cl)ccc3c2=O)cc1. The zero-order chi connectivity index (χ0) is 22.6. The first-order chi connectivity index (χ1) is 14.7. The maximum absolute atomic E-state index is 12.9. The van der Waals surface area contributed by atoms with E-state index in [1.54, 1.807) is 6.92 Å². The molecule has 1 N–H and O–H groups in total. The monoisotopic (exact) mass is 466 g/mol. The van der Waals surface area contributed by atoms with Gasteiger partial charge in [0, 0.05) is 11.4 Å². The van der Waals surface area contributed by atoms with Crippen LogP contribution < -0.4 is 16.0 Å². The minimum absolute atomic E-state index is 0.00845. The molecule has 31 heavy (non-hydrogen) atoms. The highest BCUT2D eigenvalue weighted by Crippen LogP contribution is 2.18. The van der Waals surface area contributed by atoms with E-state index in [-0.39, 0.29) is 38.8 Å². The van der Waals surface area contributed by atoms with E-state index in [4.69, 9.17) is 21.1 Å². The van der Waals surface area contributed by atoms with Crippen molar-refractivity contribution in [1.29, 1.82) is 0 Å². The lowest BCUT2D eigenvalue weighted by molar-refractivity contribution is -0.143. The minimum Gasteiger partial charge on any atom is -0.494 e. The molecule has 0 saturated carbocycles. The molecular formula is C20H19ClN2O7S. The molecule has 11 heteroatoms. The van der Waals surface area contributed by atoms with Crippen LogP contribution in [0.1, 0.15) is 19.8 Å². The summed E-state index contributed by atoms with van der Waals surface area (Å²) in [6.45, 7) is 2.27. The molecule has 3 rings (SSSR count). The number of carbonyl (C=O) groups excluding carboxylic acids is 1. The highest BCUT2D eigenvalue weighted by molar-refractivity contribution is 7.90. The molecule has 0 aliphatic carbocycles. The Morgan fingerprint density at radius 2 is 1.84 bits per heavy atom. The van der Waals surface area contributed by atoms with E-state index >= 15 is 0 Å². The minimum atomic E-state index is -4.45. The first-order valence-corrected chi connectivity index (χ1v) is 11.1. The van der Waals surface area contributed by atoms with Gasteiger partial charge in [-0.05, 0) is 55.8 Å². The number of fused-ring (bicyclic) bond motifs is 1. The number of rotatable bonds is 8. The van der Waals surface area contributed by atoms with E-state index in [0.717, 1.165) is 0 Å². The van der Waals surface area contributed by atoms with Gasteiger partial charge >= 0.3 is 11.7 Å². The number of ether oxygens (including phenoxy) is 2. The van der Waals surface area contributed by atoms with Crippen molar-refractivity contribution >= 4 is 38.5 Å². The smallest absolute Gasteiger partial charge is 0.343 e. The zero-order valence-corrected chi connectivity index (χ0v) is 18.0. The lowest BCUT2D eigenvalue weighted by atomic mass is 10.2. The topological polar surface area (TPSA) is 125 Å². The molecule has 0 amide bonds. The number of esters is 1. The van der Waals surface area contributed by atoms with Crippen LogP contribution in [0.15, 0.2) is 56.9 Å². The van der Waals surface area contributed by atoms with Gasteiger partial charge in [-0.25, -0.2) is 13.2 Å².